The Hall–Kier alpha value is -2.16. The highest BCUT2D eigenvalue weighted by atomic mass is 16.5. The van der Waals surface area contributed by atoms with Gasteiger partial charge in [-0.3, -0.25) is 10.2 Å². The summed E-state index contributed by atoms with van der Waals surface area (Å²) < 4.78 is 5.18. The van der Waals surface area contributed by atoms with Gasteiger partial charge in [0.1, 0.15) is 6.04 Å². The normalized spacial score (nSPS) is 11.6. The molecule has 1 amide bonds. The lowest BCUT2D eigenvalue weighted by atomic mass is 10.3. The van der Waals surface area contributed by atoms with Gasteiger partial charge in [0.25, 0.3) is 0 Å². The summed E-state index contributed by atoms with van der Waals surface area (Å²) >= 11 is 0. The van der Waals surface area contributed by atoms with Crippen LogP contribution in [-0.2, 0) is 4.79 Å². The van der Waals surface area contributed by atoms with E-state index in [1.165, 1.54) is 0 Å². The summed E-state index contributed by atoms with van der Waals surface area (Å²) in [5.74, 6) is 5.48. The number of likely N-dealkylation sites (N-methyl/N-ethyl adjacent to an activating group) is 1. The minimum Gasteiger partial charge on any atom is -0.464 e. The van der Waals surface area contributed by atoms with Crippen LogP contribution in [0, 0.1) is 0 Å². The minimum atomic E-state index is -0.484. The number of rotatable bonds is 7. The van der Waals surface area contributed by atoms with Gasteiger partial charge < -0.3 is 15.4 Å². The highest BCUT2D eigenvalue weighted by Gasteiger charge is 2.14. The predicted molar refractivity (Wildman–Crippen MR) is 70.6 cm³/mol. The van der Waals surface area contributed by atoms with E-state index >= 15 is 0 Å². The predicted octanol–water partition coefficient (Wildman–Crippen LogP) is -0.508. The number of hydrazine groups is 1. The average Bonchev–Trinajstić information content (AvgIpc) is 2.39. The molecular formula is C10H19N7O2. The molecule has 106 valence electrons. The van der Waals surface area contributed by atoms with Crippen molar-refractivity contribution in [3.63, 3.8) is 0 Å². The first-order valence-corrected chi connectivity index (χ1v) is 6.00. The molecule has 1 rings (SSSR count). The molecule has 0 aliphatic carbocycles. The fraction of sp³-hybridized carbons (Fsp3) is 0.600. The SMILES string of the molecule is CCNC(=O)C(C)Nc1nc(NN)nc(OCC)n1. The molecule has 1 atom stereocenters. The van der Waals surface area contributed by atoms with E-state index in [1.807, 2.05) is 13.8 Å². The first-order valence-electron chi connectivity index (χ1n) is 6.00. The molecule has 5 N–H and O–H groups in total. The zero-order chi connectivity index (χ0) is 14.3. The molecule has 0 saturated heterocycles. The highest BCUT2D eigenvalue weighted by Crippen LogP contribution is 2.11. The molecule has 1 heterocycles. The number of hydrogen-bond acceptors (Lipinski definition) is 8. The van der Waals surface area contributed by atoms with Crippen LogP contribution in [0.1, 0.15) is 20.8 Å². The maximum atomic E-state index is 11.6. The maximum Gasteiger partial charge on any atom is 0.323 e. The molecule has 1 aromatic rings. The number of aromatic nitrogens is 3. The summed E-state index contributed by atoms with van der Waals surface area (Å²) in [6, 6.07) is -0.349. The topological polar surface area (TPSA) is 127 Å². The van der Waals surface area contributed by atoms with Gasteiger partial charge in [0.2, 0.25) is 17.8 Å². The van der Waals surface area contributed by atoms with E-state index in [4.69, 9.17) is 10.6 Å². The highest BCUT2D eigenvalue weighted by molar-refractivity contribution is 5.83. The van der Waals surface area contributed by atoms with Crippen molar-refractivity contribution in [2.45, 2.75) is 26.8 Å². The van der Waals surface area contributed by atoms with E-state index in [0.717, 1.165) is 0 Å². The van der Waals surface area contributed by atoms with Crippen LogP contribution < -0.4 is 26.6 Å². The quantitative estimate of drug-likeness (QED) is 0.385. The average molecular weight is 269 g/mol. The van der Waals surface area contributed by atoms with Crippen LogP contribution >= 0.6 is 0 Å². The first kappa shape index (κ1) is 14.9. The van der Waals surface area contributed by atoms with Crippen LogP contribution in [0.3, 0.4) is 0 Å². The maximum absolute atomic E-state index is 11.6. The van der Waals surface area contributed by atoms with Gasteiger partial charge in [-0.15, -0.1) is 0 Å². The lowest BCUT2D eigenvalue weighted by Crippen LogP contribution is -2.37. The van der Waals surface area contributed by atoms with Gasteiger partial charge in [0, 0.05) is 6.54 Å². The van der Waals surface area contributed by atoms with Crippen LogP contribution in [0.2, 0.25) is 0 Å². The molecule has 0 saturated carbocycles. The van der Waals surface area contributed by atoms with Gasteiger partial charge in [-0.05, 0) is 20.8 Å². The van der Waals surface area contributed by atoms with Crippen molar-refractivity contribution >= 4 is 17.8 Å². The largest absolute Gasteiger partial charge is 0.464 e. The Morgan fingerprint density at radius 1 is 1.32 bits per heavy atom. The summed E-state index contributed by atoms with van der Waals surface area (Å²) in [5.41, 5.74) is 2.31. The number of ether oxygens (including phenoxy) is 1. The van der Waals surface area contributed by atoms with Crippen LogP contribution in [0.4, 0.5) is 11.9 Å². The van der Waals surface area contributed by atoms with Gasteiger partial charge >= 0.3 is 6.01 Å². The monoisotopic (exact) mass is 269 g/mol. The van der Waals surface area contributed by atoms with Gasteiger partial charge in [-0.25, -0.2) is 5.84 Å². The smallest absolute Gasteiger partial charge is 0.323 e. The summed E-state index contributed by atoms with van der Waals surface area (Å²) in [6.07, 6.45) is 0. The zero-order valence-corrected chi connectivity index (χ0v) is 11.2. The fourth-order valence-electron chi connectivity index (χ4n) is 1.27. The molecule has 0 aliphatic heterocycles. The van der Waals surface area contributed by atoms with Crippen molar-refractivity contribution < 1.29 is 9.53 Å². The molecule has 0 aromatic carbocycles. The van der Waals surface area contributed by atoms with E-state index in [2.05, 4.69) is 31.0 Å². The number of carbonyl (C=O) groups is 1. The van der Waals surface area contributed by atoms with Crippen molar-refractivity contribution in [3.05, 3.63) is 0 Å². The number of nitrogen functional groups attached to an aromatic ring is 1. The zero-order valence-electron chi connectivity index (χ0n) is 11.2. The molecule has 0 aliphatic rings. The van der Waals surface area contributed by atoms with Crippen LogP contribution in [0.5, 0.6) is 6.01 Å². The molecule has 0 bridgehead atoms. The van der Waals surface area contributed by atoms with Gasteiger partial charge in [0.05, 0.1) is 6.61 Å². The number of carbonyl (C=O) groups excluding carboxylic acids is 1. The third-order valence-electron chi connectivity index (χ3n) is 2.11. The van der Waals surface area contributed by atoms with Crippen LogP contribution in [-0.4, -0.2) is 40.1 Å². The van der Waals surface area contributed by atoms with Crippen LogP contribution in [0.15, 0.2) is 0 Å². The van der Waals surface area contributed by atoms with Crippen LogP contribution in [0.25, 0.3) is 0 Å². The molecule has 0 radical (unpaired) electrons. The second-order valence-corrected chi connectivity index (χ2v) is 3.60. The lowest BCUT2D eigenvalue weighted by molar-refractivity contribution is -0.121. The van der Waals surface area contributed by atoms with Crippen molar-refractivity contribution in [3.8, 4) is 6.01 Å². The number of hydrogen-bond donors (Lipinski definition) is 4. The van der Waals surface area contributed by atoms with Crippen molar-refractivity contribution in [2.75, 3.05) is 23.9 Å². The van der Waals surface area contributed by atoms with Gasteiger partial charge in [0.15, 0.2) is 0 Å². The van der Waals surface area contributed by atoms with Gasteiger partial charge in [-0.1, -0.05) is 0 Å². The van der Waals surface area contributed by atoms with E-state index < -0.39 is 6.04 Å². The summed E-state index contributed by atoms with van der Waals surface area (Å²) in [6.45, 7) is 6.33. The molecule has 9 nitrogen and oxygen atoms in total. The van der Waals surface area contributed by atoms with Crippen molar-refractivity contribution in [1.29, 1.82) is 0 Å². The number of nitrogens with one attached hydrogen (secondary N) is 3. The number of nitrogens with zero attached hydrogens (tertiary/aromatic N) is 3. The number of nitrogens with two attached hydrogens (primary N) is 1. The van der Waals surface area contributed by atoms with E-state index in [1.54, 1.807) is 6.92 Å². The van der Waals surface area contributed by atoms with E-state index in [0.29, 0.717) is 13.2 Å². The molecule has 1 aromatic heterocycles. The first-order chi connectivity index (χ1) is 9.10. The van der Waals surface area contributed by atoms with Crippen molar-refractivity contribution in [1.82, 2.24) is 20.3 Å². The van der Waals surface area contributed by atoms with E-state index in [-0.39, 0.29) is 23.8 Å². The van der Waals surface area contributed by atoms with E-state index in [9.17, 15) is 4.79 Å². The lowest BCUT2D eigenvalue weighted by Gasteiger charge is -2.14. The Morgan fingerprint density at radius 2 is 2.00 bits per heavy atom. The summed E-state index contributed by atoms with van der Waals surface area (Å²) in [5, 5.41) is 5.54. The second kappa shape index (κ2) is 7.31. The molecule has 0 fully saturated rings. The summed E-state index contributed by atoms with van der Waals surface area (Å²) in [7, 11) is 0. The molecule has 9 heteroatoms. The Kier molecular flexibility index (Phi) is 5.73. The molecular weight excluding hydrogens is 250 g/mol. The third-order valence-corrected chi connectivity index (χ3v) is 2.11. The second-order valence-electron chi connectivity index (χ2n) is 3.60. The number of amides is 1. The fourth-order valence-corrected chi connectivity index (χ4v) is 1.27. The third kappa shape index (κ3) is 4.54. The molecule has 0 spiro atoms. The Bertz CT molecular complexity index is 426. The Morgan fingerprint density at radius 3 is 2.58 bits per heavy atom. The minimum absolute atomic E-state index is 0.135. The molecule has 19 heavy (non-hydrogen) atoms. The Balaban J connectivity index is 2.81. The standard InChI is InChI=1S/C10H19N7O2/c1-4-12-7(18)6(3)13-8-14-9(17-11)16-10(15-8)19-5-2/h6H,4-5,11H2,1-3H3,(H,12,18)(H2,13,14,15,16,17). The number of anilines is 2. The summed E-state index contributed by atoms with van der Waals surface area (Å²) in [4.78, 5) is 23.5. The molecule has 1 unspecified atom stereocenters. The van der Waals surface area contributed by atoms with Gasteiger partial charge in [-0.2, -0.15) is 15.0 Å². The Labute approximate surface area is 111 Å². The van der Waals surface area contributed by atoms with Crippen molar-refractivity contribution in [2.24, 2.45) is 5.84 Å².